The first-order valence-electron chi connectivity index (χ1n) is 2.52. The van der Waals surface area contributed by atoms with Crippen LogP contribution in [0.3, 0.4) is 0 Å². The number of hydrogen-bond donors (Lipinski definition) is 0. The molecule has 0 aromatic rings. The van der Waals surface area contributed by atoms with Crippen molar-refractivity contribution >= 4 is 28.5 Å². The van der Waals surface area contributed by atoms with Gasteiger partial charge in [0, 0.05) is 13.6 Å². The summed E-state index contributed by atoms with van der Waals surface area (Å²) in [6.45, 7) is 2.77. The Morgan fingerprint density at radius 2 is 2.25 bits per heavy atom. The molecule has 0 N–H and O–H groups in total. The maximum absolute atomic E-state index is 10.7. The predicted molar refractivity (Wildman–Crippen MR) is 42.2 cm³/mol. The van der Waals surface area contributed by atoms with E-state index in [1.54, 1.807) is 11.9 Å². The first kappa shape index (κ1) is 8.20. The van der Waals surface area contributed by atoms with Gasteiger partial charge < -0.3 is 4.90 Å². The lowest BCUT2D eigenvalue weighted by Crippen LogP contribution is -2.26. The number of nitrogens with zero attached hydrogens (tertiary/aromatic N) is 1. The van der Waals surface area contributed by atoms with Gasteiger partial charge in [0.2, 0.25) is 5.91 Å². The van der Waals surface area contributed by atoms with E-state index in [4.69, 9.17) is 0 Å². The zero-order valence-corrected chi connectivity index (χ0v) is 7.31. The van der Waals surface area contributed by atoms with Crippen LogP contribution in [0.5, 0.6) is 0 Å². The normalized spacial score (nSPS) is 8.88. The fourth-order valence-corrected chi connectivity index (χ4v) is 0.861. The lowest BCUT2D eigenvalue weighted by Gasteiger charge is -2.11. The zero-order valence-electron chi connectivity index (χ0n) is 5.15. The van der Waals surface area contributed by atoms with E-state index in [0.717, 1.165) is 6.54 Å². The Kier molecular flexibility index (Phi) is 4.22. The van der Waals surface area contributed by atoms with Crippen molar-refractivity contribution in [2.45, 2.75) is 6.92 Å². The number of carbonyl (C=O) groups excluding carboxylic acids is 1. The van der Waals surface area contributed by atoms with Crippen molar-refractivity contribution in [1.29, 1.82) is 0 Å². The van der Waals surface area contributed by atoms with Crippen molar-refractivity contribution in [3.63, 3.8) is 0 Å². The highest BCUT2D eigenvalue weighted by molar-refractivity contribution is 14.1. The third kappa shape index (κ3) is 2.49. The number of halogens is 1. The molecule has 0 unspecified atom stereocenters. The van der Waals surface area contributed by atoms with E-state index in [0.29, 0.717) is 4.43 Å². The van der Waals surface area contributed by atoms with E-state index in [1.165, 1.54) is 0 Å². The molecule has 2 nitrogen and oxygen atoms in total. The Morgan fingerprint density at radius 3 is 2.38 bits per heavy atom. The fourth-order valence-electron chi connectivity index (χ4n) is 0.278. The molecule has 0 fully saturated rings. The summed E-state index contributed by atoms with van der Waals surface area (Å²) in [6.07, 6.45) is 0. The van der Waals surface area contributed by atoms with Gasteiger partial charge in [-0.1, -0.05) is 22.6 Å². The lowest BCUT2D eigenvalue weighted by molar-refractivity contribution is -0.126. The van der Waals surface area contributed by atoms with Crippen LogP contribution in [0.15, 0.2) is 0 Å². The largest absolute Gasteiger partial charge is 0.345 e. The van der Waals surface area contributed by atoms with Crippen LogP contribution in [-0.4, -0.2) is 28.8 Å². The molecular formula is C5H10INO. The van der Waals surface area contributed by atoms with Crippen molar-refractivity contribution in [1.82, 2.24) is 4.90 Å². The van der Waals surface area contributed by atoms with Crippen LogP contribution in [0.4, 0.5) is 0 Å². The third-order valence-corrected chi connectivity index (χ3v) is 1.67. The maximum atomic E-state index is 10.7. The minimum absolute atomic E-state index is 0.202. The second kappa shape index (κ2) is 4.12. The van der Waals surface area contributed by atoms with E-state index in [-0.39, 0.29) is 5.91 Å². The topological polar surface area (TPSA) is 20.3 Å². The maximum Gasteiger partial charge on any atom is 0.232 e. The van der Waals surface area contributed by atoms with Crippen LogP contribution >= 0.6 is 22.6 Å². The van der Waals surface area contributed by atoms with Gasteiger partial charge in [-0.15, -0.1) is 0 Å². The van der Waals surface area contributed by atoms with Crippen LogP contribution in [-0.2, 0) is 4.79 Å². The summed E-state index contributed by atoms with van der Waals surface area (Å²) in [4.78, 5) is 12.4. The Balaban J connectivity index is 3.46. The number of rotatable bonds is 2. The molecule has 0 aliphatic rings. The molecule has 0 aromatic heterocycles. The van der Waals surface area contributed by atoms with E-state index in [9.17, 15) is 4.79 Å². The average Bonchev–Trinajstić information content (AvgIpc) is 1.84. The van der Waals surface area contributed by atoms with Gasteiger partial charge in [0.25, 0.3) is 0 Å². The summed E-state index contributed by atoms with van der Waals surface area (Å²) in [5, 5.41) is 0. The van der Waals surface area contributed by atoms with Gasteiger partial charge in [-0.3, -0.25) is 4.79 Å². The summed E-state index contributed by atoms with van der Waals surface area (Å²) in [7, 11) is 1.81. The summed E-state index contributed by atoms with van der Waals surface area (Å²) >= 11 is 2.06. The van der Waals surface area contributed by atoms with Crippen molar-refractivity contribution in [2.75, 3.05) is 18.0 Å². The molecule has 8 heavy (non-hydrogen) atoms. The molecule has 0 radical (unpaired) electrons. The standard InChI is InChI=1S/C5H10INO/c1-3-7(2)5(8)4-6/h3-4H2,1-2H3. The van der Waals surface area contributed by atoms with Crippen molar-refractivity contribution in [3.05, 3.63) is 0 Å². The highest BCUT2D eigenvalue weighted by atomic mass is 127. The molecule has 0 saturated carbocycles. The van der Waals surface area contributed by atoms with Crippen LogP contribution in [0.1, 0.15) is 6.92 Å². The lowest BCUT2D eigenvalue weighted by atomic mass is 10.6. The van der Waals surface area contributed by atoms with E-state index in [1.807, 2.05) is 6.92 Å². The van der Waals surface area contributed by atoms with Crippen LogP contribution in [0.2, 0.25) is 0 Å². The number of hydrogen-bond acceptors (Lipinski definition) is 1. The van der Waals surface area contributed by atoms with Gasteiger partial charge in [-0.2, -0.15) is 0 Å². The van der Waals surface area contributed by atoms with Crippen molar-refractivity contribution < 1.29 is 4.79 Å². The first-order chi connectivity index (χ1) is 3.72. The monoisotopic (exact) mass is 227 g/mol. The van der Waals surface area contributed by atoms with Gasteiger partial charge in [-0.25, -0.2) is 0 Å². The predicted octanol–water partition coefficient (Wildman–Crippen LogP) is 0.900. The Hall–Kier alpha value is 0.200. The summed E-state index contributed by atoms with van der Waals surface area (Å²) in [5.41, 5.74) is 0. The Bertz CT molecular complexity index is 84.5. The molecule has 0 atom stereocenters. The van der Waals surface area contributed by atoms with E-state index < -0.39 is 0 Å². The summed E-state index contributed by atoms with van der Waals surface area (Å²) in [6, 6.07) is 0. The minimum Gasteiger partial charge on any atom is -0.345 e. The van der Waals surface area contributed by atoms with Gasteiger partial charge >= 0.3 is 0 Å². The smallest absolute Gasteiger partial charge is 0.232 e. The molecule has 0 heterocycles. The van der Waals surface area contributed by atoms with Crippen molar-refractivity contribution in [3.8, 4) is 0 Å². The van der Waals surface area contributed by atoms with Crippen LogP contribution < -0.4 is 0 Å². The minimum atomic E-state index is 0.202. The average molecular weight is 227 g/mol. The first-order valence-corrected chi connectivity index (χ1v) is 4.04. The molecule has 0 spiro atoms. The summed E-state index contributed by atoms with van der Waals surface area (Å²) in [5.74, 6) is 0.202. The van der Waals surface area contributed by atoms with Crippen LogP contribution in [0.25, 0.3) is 0 Å². The van der Waals surface area contributed by atoms with Crippen molar-refractivity contribution in [2.24, 2.45) is 0 Å². The second-order valence-electron chi connectivity index (χ2n) is 1.54. The van der Waals surface area contributed by atoms with Crippen LogP contribution in [0, 0.1) is 0 Å². The molecule has 0 rings (SSSR count). The molecular weight excluding hydrogens is 217 g/mol. The second-order valence-corrected chi connectivity index (χ2v) is 2.30. The number of alkyl halides is 1. The molecule has 1 amide bonds. The fraction of sp³-hybridized carbons (Fsp3) is 0.800. The zero-order chi connectivity index (χ0) is 6.57. The molecule has 0 bridgehead atoms. The van der Waals surface area contributed by atoms with Gasteiger partial charge in [0.15, 0.2) is 0 Å². The van der Waals surface area contributed by atoms with Gasteiger partial charge in [0.05, 0.1) is 4.43 Å². The number of carbonyl (C=O) groups is 1. The quantitative estimate of drug-likeness (QED) is 0.507. The molecule has 0 saturated heterocycles. The molecule has 3 heteroatoms. The van der Waals surface area contributed by atoms with Gasteiger partial charge in [-0.05, 0) is 6.92 Å². The molecule has 48 valence electrons. The van der Waals surface area contributed by atoms with Gasteiger partial charge in [0.1, 0.15) is 0 Å². The Labute approximate surface area is 63.4 Å². The summed E-state index contributed by atoms with van der Waals surface area (Å²) < 4.78 is 0.585. The number of amides is 1. The van der Waals surface area contributed by atoms with E-state index in [2.05, 4.69) is 22.6 Å². The molecule has 0 aliphatic heterocycles. The highest BCUT2D eigenvalue weighted by Gasteiger charge is 2.00. The Morgan fingerprint density at radius 1 is 1.75 bits per heavy atom. The SMILES string of the molecule is CCN(C)C(=O)CI. The third-order valence-electron chi connectivity index (χ3n) is 1.01. The molecule has 0 aliphatic carbocycles. The molecule has 0 aromatic carbocycles. The van der Waals surface area contributed by atoms with E-state index >= 15 is 0 Å². The highest BCUT2D eigenvalue weighted by Crippen LogP contribution is 1.88.